The normalized spacial score (nSPS) is 14.2. The van der Waals surface area contributed by atoms with Crippen LogP contribution in [0, 0.1) is 0 Å². The van der Waals surface area contributed by atoms with Crippen LogP contribution in [0.5, 0.6) is 0 Å². The van der Waals surface area contributed by atoms with Gasteiger partial charge in [-0.15, -0.1) is 11.3 Å². The van der Waals surface area contributed by atoms with Crippen LogP contribution in [0.4, 0.5) is 0 Å². The fourth-order valence-electron chi connectivity index (χ4n) is 2.24. The lowest BCUT2D eigenvalue weighted by Crippen LogP contribution is -2.27. The van der Waals surface area contributed by atoms with Gasteiger partial charge in [-0.3, -0.25) is 4.98 Å². The van der Waals surface area contributed by atoms with Crippen molar-refractivity contribution in [3.63, 3.8) is 0 Å². The summed E-state index contributed by atoms with van der Waals surface area (Å²) in [5.41, 5.74) is 2.12. The summed E-state index contributed by atoms with van der Waals surface area (Å²) in [6.07, 6.45) is 2.89. The molecule has 0 saturated carbocycles. The van der Waals surface area contributed by atoms with Gasteiger partial charge in [0.05, 0.1) is 8.67 Å². The SMILES string of the molecule is CCCNC(c1cc(Cl)sc1Cl)C(C)c1ccccn1. The topological polar surface area (TPSA) is 24.9 Å². The van der Waals surface area contributed by atoms with Gasteiger partial charge in [0.2, 0.25) is 0 Å². The van der Waals surface area contributed by atoms with E-state index in [9.17, 15) is 0 Å². The summed E-state index contributed by atoms with van der Waals surface area (Å²) in [5.74, 6) is 0.228. The number of pyridine rings is 1. The van der Waals surface area contributed by atoms with Crippen LogP contribution in [0.2, 0.25) is 8.67 Å². The second-order valence-corrected chi connectivity index (χ2v) is 7.04. The Balaban J connectivity index is 2.30. The van der Waals surface area contributed by atoms with Crippen LogP contribution in [0.1, 0.15) is 43.5 Å². The van der Waals surface area contributed by atoms with Gasteiger partial charge in [-0.25, -0.2) is 0 Å². The van der Waals surface area contributed by atoms with E-state index in [0.717, 1.165) is 32.9 Å². The molecular formula is C15H18Cl2N2S. The fraction of sp³-hybridized carbons (Fsp3) is 0.400. The first-order valence-electron chi connectivity index (χ1n) is 6.72. The third kappa shape index (κ3) is 3.73. The van der Waals surface area contributed by atoms with E-state index in [1.807, 2.05) is 30.5 Å². The molecule has 0 fully saturated rings. The number of rotatable bonds is 6. The summed E-state index contributed by atoms with van der Waals surface area (Å²) in [4.78, 5) is 4.46. The summed E-state index contributed by atoms with van der Waals surface area (Å²) in [6, 6.07) is 8.08. The van der Waals surface area contributed by atoms with Gasteiger partial charge < -0.3 is 5.32 Å². The number of aromatic nitrogens is 1. The van der Waals surface area contributed by atoms with E-state index in [0.29, 0.717) is 0 Å². The standard InChI is InChI=1S/C15H18Cl2N2S/c1-3-7-19-14(11-9-13(16)20-15(11)17)10(2)12-6-4-5-8-18-12/h4-6,8-10,14,19H,3,7H2,1-2H3. The summed E-state index contributed by atoms with van der Waals surface area (Å²) in [7, 11) is 0. The number of hydrogen-bond acceptors (Lipinski definition) is 3. The molecule has 0 aliphatic heterocycles. The smallest absolute Gasteiger partial charge is 0.0992 e. The maximum Gasteiger partial charge on any atom is 0.0992 e. The van der Waals surface area contributed by atoms with Gasteiger partial charge in [-0.1, -0.05) is 43.1 Å². The Labute approximate surface area is 134 Å². The lowest BCUT2D eigenvalue weighted by molar-refractivity contribution is 0.461. The Hall–Kier alpha value is -0.610. The average molecular weight is 329 g/mol. The van der Waals surface area contributed by atoms with Crippen LogP contribution in [-0.4, -0.2) is 11.5 Å². The third-order valence-corrected chi connectivity index (χ3v) is 4.80. The lowest BCUT2D eigenvalue weighted by atomic mass is 9.93. The second kappa shape index (κ2) is 7.41. The molecule has 0 aliphatic carbocycles. The summed E-state index contributed by atoms with van der Waals surface area (Å²) in [6.45, 7) is 5.25. The van der Waals surface area contributed by atoms with Crippen LogP contribution >= 0.6 is 34.5 Å². The third-order valence-electron chi connectivity index (χ3n) is 3.29. The predicted octanol–water partition coefficient (Wildman–Crippen LogP) is 5.29. The maximum atomic E-state index is 6.32. The summed E-state index contributed by atoms with van der Waals surface area (Å²) < 4.78 is 1.48. The van der Waals surface area contributed by atoms with E-state index in [1.54, 1.807) is 0 Å². The molecule has 0 amide bonds. The van der Waals surface area contributed by atoms with Gasteiger partial charge in [0.25, 0.3) is 0 Å². The molecule has 0 aromatic carbocycles. The molecule has 2 aromatic rings. The molecule has 20 heavy (non-hydrogen) atoms. The van der Waals surface area contributed by atoms with Crippen LogP contribution in [0.15, 0.2) is 30.5 Å². The van der Waals surface area contributed by atoms with Gasteiger partial charge in [0, 0.05) is 29.4 Å². The van der Waals surface area contributed by atoms with Crippen LogP contribution < -0.4 is 5.32 Å². The van der Waals surface area contributed by atoms with Crippen molar-refractivity contribution in [1.82, 2.24) is 10.3 Å². The minimum absolute atomic E-state index is 0.126. The zero-order valence-corrected chi connectivity index (χ0v) is 13.9. The largest absolute Gasteiger partial charge is 0.309 e. The Morgan fingerprint density at radius 3 is 2.70 bits per heavy atom. The second-order valence-electron chi connectivity index (χ2n) is 4.75. The molecule has 2 aromatic heterocycles. The van der Waals surface area contributed by atoms with E-state index >= 15 is 0 Å². The molecule has 1 N–H and O–H groups in total. The summed E-state index contributed by atoms with van der Waals surface area (Å²) in [5, 5.41) is 3.56. The molecule has 108 valence electrons. The van der Waals surface area contributed by atoms with E-state index in [-0.39, 0.29) is 12.0 Å². The van der Waals surface area contributed by atoms with Crippen molar-refractivity contribution in [3.8, 4) is 0 Å². The first-order valence-corrected chi connectivity index (χ1v) is 8.29. The van der Waals surface area contributed by atoms with E-state index in [2.05, 4.69) is 24.1 Å². The van der Waals surface area contributed by atoms with Crippen LogP contribution in [0.3, 0.4) is 0 Å². The minimum Gasteiger partial charge on any atom is -0.309 e. The van der Waals surface area contributed by atoms with Crippen molar-refractivity contribution in [2.75, 3.05) is 6.54 Å². The number of thiophene rings is 1. The zero-order valence-electron chi connectivity index (χ0n) is 11.6. The molecule has 0 radical (unpaired) electrons. The van der Waals surface area contributed by atoms with Crippen molar-refractivity contribution in [2.45, 2.75) is 32.2 Å². The monoisotopic (exact) mass is 328 g/mol. The number of nitrogens with one attached hydrogen (secondary N) is 1. The van der Waals surface area contributed by atoms with Gasteiger partial charge in [0.1, 0.15) is 0 Å². The molecule has 2 unspecified atom stereocenters. The molecule has 2 heterocycles. The van der Waals surface area contributed by atoms with E-state index in [1.165, 1.54) is 11.3 Å². The molecule has 2 rings (SSSR count). The number of halogens is 2. The van der Waals surface area contributed by atoms with Crippen LogP contribution in [0.25, 0.3) is 0 Å². The van der Waals surface area contributed by atoms with E-state index in [4.69, 9.17) is 23.2 Å². The van der Waals surface area contributed by atoms with Gasteiger partial charge in [-0.05, 0) is 31.2 Å². The van der Waals surface area contributed by atoms with E-state index < -0.39 is 0 Å². The predicted molar refractivity (Wildman–Crippen MR) is 88.0 cm³/mol. The van der Waals surface area contributed by atoms with Crippen molar-refractivity contribution >= 4 is 34.5 Å². The lowest BCUT2D eigenvalue weighted by Gasteiger charge is -2.24. The van der Waals surface area contributed by atoms with Crippen molar-refractivity contribution in [1.29, 1.82) is 0 Å². The van der Waals surface area contributed by atoms with Gasteiger partial charge in [-0.2, -0.15) is 0 Å². The average Bonchev–Trinajstić information content (AvgIpc) is 2.79. The maximum absolute atomic E-state index is 6.32. The highest BCUT2D eigenvalue weighted by Crippen LogP contribution is 2.40. The summed E-state index contributed by atoms with van der Waals surface area (Å²) >= 11 is 13.8. The molecular weight excluding hydrogens is 311 g/mol. The molecule has 0 aliphatic rings. The minimum atomic E-state index is 0.126. The molecule has 2 atom stereocenters. The zero-order chi connectivity index (χ0) is 14.5. The molecule has 0 bridgehead atoms. The Morgan fingerprint density at radius 2 is 2.15 bits per heavy atom. The van der Waals surface area contributed by atoms with Crippen molar-refractivity contribution in [3.05, 3.63) is 50.4 Å². The Bertz CT molecular complexity index is 542. The van der Waals surface area contributed by atoms with Crippen molar-refractivity contribution in [2.24, 2.45) is 0 Å². The molecule has 0 saturated heterocycles. The first kappa shape index (κ1) is 15.8. The van der Waals surface area contributed by atoms with Gasteiger partial charge in [0.15, 0.2) is 0 Å². The molecule has 2 nitrogen and oxygen atoms in total. The highest BCUT2D eigenvalue weighted by molar-refractivity contribution is 7.20. The van der Waals surface area contributed by atoms with Gasteiger partial charge >= 0.3 is 0 Å². The van der Waals surface area contributed by atoms with Crippen molar-refractivity contribution < 1.29 is 0 Å². The fourth-order valence-corrected chi connectivity index (χ4v) is 3.79. The number of nitrogens with zero attached hydrogens (tertiary/aromatic N) is 1. The Kier molecular flexibility index (Phi) is 5.85. The highest BCUT2D eigenvalue weighted by atomic mass is 35.5. The van der Waals surface area contributed by atoms with Crippen LogP contribution in [-0.2, 0) is 0 Å². The molecule has 0 spiro atoms. The highest BCUT2D eigenvalue weighted by Gasteiger charge is 2.24. The number of hydrogen-bond donors (Lipinski definition) is 1. The Morgan fingerprint density at radius 1 is 1.35 bits per heavy atom. The first-order chi connectivity index (χ1) is 9.63. The quantitative estimate of drug-likeness (QED) is 0.778. The molecule has 5 heteroatoms.